The Labute approximate surface area is 102 Å². The molecule has 0 aliphatic heterocycles. The summed E-state index contributed by atoms with van der Waals surface area (Å²) in [5.74, 6) is 0.403. The highest BCUT2D eigenvalue weighted by atomic mass is 32.2. The molecule has 0 fully saturated rings. The van der Waals surface area contributed by atoms with E-state index in [-0.39, 0.29) is 12.6 Å². The average molecular weight is 261 g/mol. The molecule has 1 aromatic heterocycles. The number of aromatic nitrogens is 2. The smallest absolute Gasteiger partial charge is 0.302 e. The van der Waals surface area contributed by atoms with E-state index in [1.54, 1.807) is 27.1 Å². The van der Waals surface area contributed by atoms with Crippen LogP contribution in [-0.2, 0) is 23.8 Å². The minimum atomic E-state index is -3.57. The monoisotopic (exact) mass is 261 g/mol. The van der Waals surface area contributed by atoms with Crippen LogP contribution in [0.25, 0.3) is 0 Å². The molecular formula is C9H19N5O2S. The van der Waals surface area contributed by atoms with Gasteiger partial charge < -0.3 is 5.73 Å². The number of hydrogen-bond donors (Lipinski definition) is 2. The third-order valence-corrected chi connectivity index (χ3v) is 4.20. The molecule has 0 unspecified atom stereocenters. The van der Waals surface area contributed by atoms with Gasteiger partial charge >= 0.3 is 10.2 Å². The summed E-state index contributed by atoms with van der Waals surface area (Å²) in [5, 5.41) is 3.97. The van der Waals surface area contributed by atoms with E-state index >= 15 is 0 Å². The minimum absolute atomic E-state index is 0.123. The fourth-order valence-electron chi connectivity index (χ4n) is 1.24. The van der Waals surface area contributed by atoms with Crippen LogP contribution in [0.2, 0.25) is 0 Å². The number of nitrogens with two attached hydrogens (primary N) is 1. The van der Waals surface area contributed by atoms with E-state index < -0.39 is 10.2 Å². The zero-order valence-electron chi connectivity index (χ0n) is 10.5. The highest BCUT2D eigenvalue weighted by Gasteiger charge is 2.22. The van der Waals surface area contributed by atoms with Crippen molar-refractivity contribution in [3.05, 3.63) is 11.8 Å². The van der Waals surface area contributed by atoms with Crippen molar-refractivity contribution in [2.24, 2.45) is 12.8 Å². The second kappa shape index (κ2) is 5.03. The standard InChI is InChI=1S/C9H19N5O2S/c1-7(2)14(4)17(15,16)12-9-8(5-10)6-11-13(9)3/h6-7,12H,5,10H2,1-4H3. The lowest BCUT2D eigenvalue weighted by molar-refractivity contribution is 0.414. The number of nitrogens with zero attached hydrogens (tertiary/aromatic N) is 3. The molecule has 98 valence electrons. The average Bonchev–Trinajstić information content (AvgIpc) is 2.58. The van der Waals surface area contributed by atoms with Gasteiger partial charge in [-0.25, -0.2) is 0 Å². The molecule has 0 aliphatic rings. The summed E-state index contributed by atoms with van der Waals surface area (Å²) in [7, 11) is -0.392. The van der Waals surface area contributed by atoms with Gasteiger partial charge in [-0.3, -0.25) is 9.40 Å². The van der Waals surface area contributed by atoms with Crippen molar-refractivity contribution < 1.29 is 8.42 Å². The van der Waals surface area contributed by atoms with Crippen LogP contribution >= 0.6 is 0 Å². The normalized spacial score (nSPS) is 12.4. The Kier molecular flexibility index (Phi) is 4.12. The predicted molar refractivity (Wildman–Crippen MR) is 66.5 cm³/mol. The van der Waals surface area contributed by atoms with E-state index in [1.165, 1.54) is 16.0 Å². The van der Waals surface area contributed by atoms with Crippen molar-refractivity contribution in [3.63, 3.8) is 0 Å². The molecule has 0 amide bonds. The van der Waals surface area contributed by atoms with Crippen molar-refractivity contribution in [3.8, 4) is 0 Å². The summed E-state index contributed by atoms with van der Waals surface area (Å²) in [6.45, 7) is 3.83. The van der Waals surface area contributed by atoms with Gasteiger partial charge in [-0.05, 0) is 13.8 Å². The molecule has 8 heteroatoms. The van der Waals surface area contributed by atoms with E-state index in [4.69, 9.17) is 5.73 Å². The lowest BCUT2D eigenvalue weighted by atomic mass is 10.3. The quantitative estimate of drug-likeness (QED) is 0.772. The lowest BCUT2D eigenvalue weighted by Gasteiger charge is -2.22. The largest absolute Gasteiger partial charge is 0.326 e. The van der Waals surface area contributed by atoms with Gasteiger partial charge in [0.1, 0.15) is 5.82 Å². The van der Waals surface area contributed by atoms with Crippen molar-refractivity contribution in [2.45, 2.75) is 26.4 Å². The third kappa shape index (κ3) is 2.96. The number of anilines is 1. The van der Waals surface area contributed by atoms with Crippen molar-refractivity contribution in [1.82, 2.24) is 14.1 Å². The summed E-state index contributed by atoms with van der Waals surface area (Å²) in [6, 6.07) is -0.123. The van der Waals surface area contributed by atoms with Gasteiger partial charge in [0.2, 0.25) is 0 Å². The van der Waals surface area contributed by atoms with E-state index in [2.05, 4.69) is 9.82 Å². The van der Waals surface area contributed by atoms with Crippen LogP contribution in [0.3, 0.4) is 0 Å². The second-order valence-corrected chi connectivity index (χ2v) is 5.79. The molecule has 0 saturated carbocycles. The van der Waals surface area contributed by atoms with Gasteiger partial charge in [-0.1, -0.05) is 0 Å². The van der Waals surface area contributed by atoms with Crippen LogP contribution in [0.4, 0.5) is 5.82 Å². The first kappa shape index (κ1) is 13.9. The zero-order chi connectivity index (χ0) is 13.2. The van der Waals surface area contributed by atoms with Crippen LogP contribution in [0.15, 0.2) is 6.20 Å². The van der Waals surface area contributed by atoms with Gasteiger partial charge in [-0.15, -0.1) is 0 Å². The number of hydrogen-bond acceptors (Lipinski definition) is 4. The molecule has 0 atom stereocenters. The third-order valence-electron chi connectivity index (χ3n) is 2.57. The predicted octanol–water partition coefficient (Wildman–Crippen LogP) is -0.124. The molecule has 0 bridgehead atoms. The summed E-state index contributed by atoms with van der Waals surface area (Å²) in [6.07, 6.45) is 1.55. The van der Waals surface area contributed by atoms with Gasteiger partial charge in [0.05, 0.1) is 6.20 Å². The molecule has 3 N–H and O–H groups in total. The molecule has 1 aromatic rings. The second-order valence-electron chi connectivity index (χ2n) is 4.06. The van der Waals surface area contributed by atoms with Crippen LogP contribution in [-0.4, -0.2) is 35.6 Å². The van der Waals surface area contributed by atoms with Gasteiger partial charge in [-0.2, -0.15) is 17.8 Å². The van der Waals surface area contributed by atoms with Gasteiger partial charge in [0.25, 0.3) is 0 Å². The molecule has 17 heavy (non-hydrogen) atoms. The highest BCUT2D eigenvalue weighted by molar-refractivity contribution is 7.90. The fraction of sp³-hybridized carbons (Fsp3) is 0.667. The van der Waals surface area contributed by atoms with Gasteiger partial charge in [0.15, 0.2) is 0 Å². The van der Waals surface area contributed by atoms with E-state index in [0.29, 0.717) is 11.4 Å². The number of aryl methyl sites for hydroxylation is 1. The molecule has 0 aromatic carbocycles. The Morgan fingerprint density at radius 2 is 2.18 bits per heavy atom. The molecular weight excluding hydrogens is 242 g/mol. The SMILES string of the molecule is CC(C)N(C)S(=O)(=O)Nc1c(CN)cnn1C. The maximum atomic E-state index is 12.0. The summed E-state index contributed by atoms with van der Waals surface area (Å²) >= 11 is 0. The van der Waals surface area contributed by atoms with Crippen molar-refractivity contribution in [2.75, 3.05) is 11.8 Å². The van der Waals surface area contributed by atoms with Crippen LogP contribution < -0.4 is 10.5 Å². The highest BCUT2D eigenvalue weighted by Crippen LogP contribution is 2.16. The number of nitrogens with one attached hydrogen (secondary N) is 1. The van der Waals surface area contributed by atoms with E-state index in [9.17, 15) is 8.42 Å². The maximum Gasteiger partial charge on any atom is 0.302 e. The first-order valence-corrected chi connectivity index (χ1v) is 6.70. The molecule has 0 radical (unpaired) electrons. The Morgan fingerprint density at radius 1 is 1.59 bits per heavy atom. The maximum absolute atomic E-state index is 12.0. The first-order chi connectivity index (χ1) is 7.79. The molecule has 0 saturated heterocycles. The zero-order valence-corrected chi connectivity index (χ0v) is 11.3. The van der Waals surface area contributed by atoms with E-state index in [0.717, 1.165) is 0 Å². The topological polar surface area (TPSA) is 93.2 Å². The summed E-state index contributed by atoms with van der Waals surface area (Å²) in [5.41, 5.74) is 6.18. The fourth-order valence-corrected chi connectivity index (χ4v) is 2.44. The summed E-state index contributed by atoms with van der Waals surface area (Å²) in [4.78, 5) is 0. The number of rotatable bonds is 5. The summed E-state index contributed by atoms with van der Waals surface area (Å²) < 4.78 is 29.2. The first-order valence-electron chi connectivity index (χ1n) is 5.26. The molecule has 0 spiro atoms. The molecule has 7 nitrogen and oxygen atoms in total. The Balaban J connectivity index is 3.02. The van der Waals surface area contributed by atoms with Crippen molar-refractivity contribution in [1.29, 1.82) is 0 Å². The lowest BCUT2D eigenvalue weighted by Crippen LogP contribution is -2.38. The van der Waals surface area contributed by atoms with Gasteiger partial charge in [0, 0.05) is 32.2 Å². The molecule has 0 aliphatic carbocycles. The van der Waals surface area contributed by atoms with Crippen molar-refractivity contribution >= 4 is 16.0 Å². The minimum Gasteiger partial charge on any atom is -0.326 e. The molecule has 1 rings (SSSR count). The molecule has 1 heterocycles. The van der Waals surface area contributed by atoms with Crippen LogP contribution in [0, 0.1) is 0 Å². The van der Waals surface area contributed by atoms with Crippen LogP contribution in [0.5, 0.6) is 0 Å². The Hall–Kier alpha value is -1.12. The Bertz CT molecular complexity index is 480. The van der Waals surface area contributed by atoms with Crippen LogP contribution in [0.1, 0.15) is 19.4 Å². The Morgan fingerprint density at radius 3 is 2.65 bits per heavy atom. The van der Waals surface area contributed by atoms with E-state index in [1.807, 2.05) is 0 Å².